The van der Waals surface area contributed by atoms with Gasteiger partial charge in [0, 0.05) is 34.6 Å². The number of nitro groups is 1. The minimum absolute atomic E-state index is 0.0142. The van der Waals surface area contributed by atoms with Crippen LogP contribution in [0.4, 0.5) is 17.1 Å². The summed E-state index contributed by atoms with van der Waals surface area (Å²) in [6.07, 6.45) is 1.59. The zero-order chi connectivity index (χ0) is 22.5. The van der Waals surface area contributed by atoms with Gasteiger partial charge in [0.05, 0.1) is 4.92 Å². The first-order valence-electron chi connectivity index (χ1n) is 9.05. The molecule has 2 aromatic carbocycles. The Balaban J connectivity index is 1.67. The van der Waals surface area contributed by atoms with Gasteiger partial charge in [-0.3, -0.25) is 24.5 Å². The van der Waals surface area contributed by atoms with E-state index >= 15 is 0 Å². The summed E-state index contributed by atoms with van der Waals surface area (Å²) >= 11 is 5.77. The van der Waals surface area contributed by atoms with Gasteiger partial charge in [0.25, 0.3) is 17.2 Å². The van der Waals surface area contributed by atoms with Gasteiger partial charge >= 0.3 is 0 Å². The Morgan fingerprint density at radius 1 is 1.06 bits per heavy atom. The number of anilines is 2. The van der Waals surface area contributed by atoms with Gasteiger partial charge in [0.1, 0.15) is 12.2 Å². The van der Waals surface area contributed by atoms with Gasteiger partial charge < -0.3 is 15.2 Å². The molecule has 0 saturated heterocycles. The Morgan fingerprint density at radius 3 is 2.45 bits per heavy atom. The summed E-state index contributed by atoms with van der Waals surface area (Å²) in [5.74, 6) is -0.962. The van der Waals surface area contributed by atoms with E-state index in [0.29, 0.717) is 5.69 Å². The van der Waals surface area contributed by atoms with E-state index in [0.717, 1.165) is 11.6 Å². The number of pyridine rings is 1. The number of carbonyl (C=O) groups is 2. The largest absolute Gasteiger partial charge is 0.325 e. The third-order valence-electron chi connectivity index (χ3n) is 4.28. The van der Waals surface area contributed by atoms with Crippen LogP contribution >= 0.6 is 11.6 Å². The van der Waals surface area contributed by atoms with Crippen molar-refractivity contribution in [2.24, 2.45) is 0 Å². The highest BCUT2D eigenvalue weighted by Gasteiger charge is 2.17. The highest BCUT2D eigenvalue weighted by atomic mass is 35.5. The Labute approximate surface area is 181 Å². The number of hydrogen-bond acceptors (Lipinski definition) is 5. The number of carbonyl (C=O) groups excluding carboxylic acids is 2. The van der Waals surface area contributed by atoms with Crippen molar-refractivity contribution < 1.29 is 14.5 Å². The average molecular weight is 441 g/mol. The second kappa shape index (κ2) is 9.23. The van der Waals surface area contributed by atoms with Crippen LogP contribution < -0.4 is 16.2 Å². The molecule has 9 nitrogen and oxygen atoms in total. The van der Waals surface area contributed by atoms with E-state index in [1.54, 1.807) is 12.3 Å². The Hall–Kier alpha value is -3.98. The van der Waals surface area contributed by atoms with Crippen LogP contribution in [0.1, 0.15) is 15.9 Å². The number of halogens is 1. The highest BCUT2D eigenvalue weighted by molar-refractivity contribution is 6.31. The van der Waals surface area contributed by atoms with Gasteiger partial charge in [-0.25, -0.2) is 0 Å². The van der Waals surface area contributed by atoms with Crippen molar-refractivity contribution in [1.82, 2.24) is 4.57 Å². The number of benzene rings is 2. The van der Waals surface area contributed by atoms with E-state index in [-0.39, 0.29) is 34.1 Å². The maximum atomic E-state index is 12.4. The van der Waals surface area contributed by atoms with Crippen molar-refractivity contribution in [1.29, 1.82) is 0 Å². The molecular formula is C21H17ClN4O5. The fourth-order valence-corrected chi connectivity index (χ4v) is 2.96. The van der Waals surface area contributed by atoms with Crippen LogP contribution in [-0.2, 0) is 11.3 Å². The summed E-state index contributed by atoms with van der Waals surface area (Å²) in [6, 6.07) is 12.9. The molecule has 0 spiro atoms. The van der Waals surface area contributed by atoms with Gasteiger partial charge in [-0.1, -0.05) is 17.7 Å². The fraction of sp³-hybridized carbons (Fsp3) is 0.0952. The SMILES string of the molecule is Cc1ccc(=O)n(CC(=O)Nc2ccc(C(=O)Nc3ccc(Cl)cc3[N+](=O)[O-])cc2)c1. The molecule has 0 saturated carbocycles. The van der Waals surface area contributed by atoms with E-state index in [1.807, 2.05) is 6.92 Å². The van der Waals surface area contributed by atoms with Crippen LogP contribution in [0.2, 0.25) is 5.02 Å². The number of rotatable bonds is 6. The lowest BCUT2D eigenvalue weighted by Gasteiger charge is -2.09. The van der Waals surface area contributed by atoms with Crippen molar-refractivity contribution in [3.63, 3.8) is 0 Å². The van der Waals surface area contributed by atoms with E-state index in [9.17, 15) is 24.5 Å². The average Bonchev–Trinajstić information content (AvgIpc) is 2.72. The van der Waals surface area contributed by atoms with Gasteiger partial charge in [-0.15, -0.1) is 0 Å². The molecule has 0 aliphatic rings. The molecule has 0 bridgehead atoms. The maximum absolute atomic E-state index is 12.4. The minimum atomic E-state index is -0.639. The summed E-state index contributed by atoms with van der Waals surface area (Å²) in [7, 11) is 0. The summed E-state index contributed by atoms with van der Waals surface area (Å²) in [5.41, 5.74) is 0.918. The molecule has 10 heteroatoms. The zero-order valence-corrected chi connectivity index (χ0v) is 17.1. The topological polar surface area (TPSA) is 123 Å². The Kier molecular flexibility index (Phi) is 6.46. The van der Waals surface area contributed by atoms with Gasteiger partial charge in [0.15, 0.2) is 0 Å². The van der Waals surface area contributed by atoms with Crippen molar-refractivity contribution in [3.8, 4) is 0 Å². The second-order valence-corrected chi connectivity index (χ2v) is 7.11. The molecular weight excluding hydrogens is 424 g/mol. The van der Waals surface area contributed by atoms with Crippen LogP contribution in [0.25, 0.3) is 0 Å². The molecule has 2 amide bonds. The monoisotopic (exact) mass is 440 g/mol. The minimum Gasteiger partial charge on any atom is -0.325 e. The Morgan fingerprint density at radius 2 is 1.77 bits per heavy atom. The van der Waals surface area contributed by atoms with Crippen molar-refractivity contribution in [2.45, 2.75) is 13.5 Å². The van der Waals surface area contributed by atoms with Gasteiger partial charge in [-0.05, 0) is 48.9 Å². The van der Waals surface area contributed by atoms with Gasteiger partial charge in [0.2, 0.25) is 5.91 Å². The maximum Gasteiger partial charge on any atom is 0.294 e. The molecule has 0 aliphatic carbocycles. The van der Waals surface area contributed by atoms with Crippen molar-refractivity contribution in [2.75, 3.05) is 10.6 Å². The third-order valence-corrected chi connectivity index (χ3v) is 4.52. The molecule has 31 heavy (non-hydrogen) atoms. The second-order valence-electron chi connectivity index (χ2n) is 6.67. The van der Waals surface area contributed by atoms with Crippen LogP contribution in [0.15, 0.2) is 65.6 Å². The van der Waals surface area contributed by atoms with Crippen LogP contribution in [0, 0.1) is 17.0 Å². The van der Waals surface area contributed by atoms with Crippen molar-refractivity contribution in [3.05, 3.63) is 97.4 Å². The standard InChI is InChI=1S/C21H17ClN4O5/c1-13-2-9-20(28)25(11-13)12-19(27)23-16-6-3-14(4-7-16)21(29)24-17-8-5-15(22)10-18(17)26(30)31/h2-11H,12H2,1H3,(H,23,27)(H,24,29). The third kappa shape index (κ3) is 5.55. The van der Waals surface area contributed by atoms with E-state index < -0.39 is 16.7 Å². The smallest absolute Gasteiger partial charge is 0.294 e. The molecule has 3 aromatic rings. The van der Waals surface area contributed by atoms with Crippen LogP contribution in [-0.4, -0.2) is 21.3 Å². The van der Waals surface area contributed by atoms with Gasteiger partial charge in [-0.2, -0.15) is 0 Å². The summed E-state index contributed by atoms with van der Waals surface area (Å²) in [5, 5.41) is 16.4. The molecule has 3 rings (SSSR count). The van der Waals surface area contributed by atoms with E-state index in [4.69, 9.17) is 11.6 Å². The molecule has 158 valence electrons. The molecule has 0 aliphatic heterocycles. The summed E-state index contributed by atoms with van der Waals surface area (Å²) in [6.45, 7) is 1.67. The molecule has 0 atom stereocenters. The Bertz CT molecular complexity index is 1220. The predicted molar refractivity (Wildman–Crippen MR) is 117 cm³/mol. The van der Waals surface area contributed by atoms with Crippen LogP contribution in [0.5, 0.6) is 0 Å². The lowest BCUT2D eigenvalue weighted by molar-refractivity contribution is -0.383. The first kappa shape index (κ1) is 21.7. The predicted octanol–water partition coefficient (Wildman–Crippen LogP) is 3.61. The number of nitro benzene ring substituents is 1. The lowest BCUT2D eigenvalue weighted by atomic mass is 10.2. The first-order valence-corrected chi connectivity index (χ1v) is 9.43. The molecule has 0 fully saturated rings. The first-order chi connectivity index (χ1) is 14.7. The summed E-state index contributed by atoms with van der Waals surface area (Å²) in [4.78, 5) is 46.9. The number of aromatic nitrogens is 1. The molecule has 0 radical (unpaired) electrons. The lowest BCUT2D eigenvalue weighted by Crippen LogP contribution is -2.26. The normalized spacial score (nSPS) is 10.4. The molecule has 1 heterocycles. The summed E-state index contributed by atoms with van der Waals surface area (Å²) < 4.78 is 1.30. The quantitative estimate of drug-likeness (QED) is 0.447. The number of amides is 2. The van der Waals surface area contributed by atoms with Crippen LogP contribution in [0.3, 0.4) is 0 Å². The highest BCUT2D eigenvalue weighted by Crippen LogP contribution is 2.28. The zero-order valence-electron chi connectivity index (χ0n) is 16.3. The molecule has 1 aromatic heterocycles. The molecule has 2 N–H and O–H groups in total. The van der Waals surface area contributed by atoms with E-state index in [2.05, 4.69) is 10.6 Å². The van der Waals surface area contributed by atoms with Crippen molar-refractivity contribution >= 4 is 40.5 Å². The van der Waals surface area contributed by atoms with E-state index in [1.165, 1.54) is 47.0 Å². The number of nitrogens with one attached hydrogen (secondary N) is 2. The molecule has 0 unspecified atom stereocenters. The fourth-order valence-electron chi connectivity index (χ4n) is 2.79. The number of nitrogens with zero attached hydrogens (tertiary/aromatic N) is 2. The number of hydrogen-bond donors (Lipinski definition) is 2. The number of aryl methyl sites for hydroxylation is 1.